The molecule has 3 aromatic rings. The molecule has 0 aliphatic rings. The summed E-state index contributed by atoms with van der Waals surface area (Å²) in [4.78, 5) is 23.4. The number of aromatic amines is 1. The van der Waals surface area contributed by atoms with E-state index in [1.165, 1.54) is 11.8 Å². The van der Waals surface area contributed by atoms with Crippen LogP contribution in [0.5, 0.6) is 0 Å². The van der Waals surface area contributed by atoms with Crippen molar-refractivity contribution in [3.8, 4) is 6.07 Å². The van der Waals surface area contributed by atoms with Gasteiger partial charge in [0.05, 0.1) is 34.6 Å². The molecule has 22 heavy (non-hydrogen) atoms. The predicted molar refractivity (Wildman–Crippen MR) is 84.4 cm³/mol. The fourth-order valence-corrected chi connectivity index (χ4v) is 2.55. The average Bonchev–Trinajstić information content (AvgIpc) is 2.96. The fourth-order valence-electron chi connectivity index (χ4n) is 1.86. The number of hydrogen-bond acceptors (Lipinski definition) is 5. The zero-order valence-corrected chi connectivity index (χ0v) is 12.2. The van der Waals surface area contributed by atoms with E-state index in [2.05, 4.69) is 20.3 Å². The Kier molecular flexibility index (Phi) is 4.03. The summed E-state index contributed by atoms with van der Waals surface area (Å²) in [5.41, 5.74) is 2.89. The van der Waals surface area contributed by atoms with Crippen LogP contribution in [0.15, 0.2) is 47.9 Å². The summed E-state index contributed by atoms with van der Waals surface area (Å²) in [6.45, 7) is 0. The molecule has 3 rings (SSSR count). The van der Waals surface area contributed by atoms with E-state index in [0.29, 0.717) is 16.4 Å². The number of hydrogen-bond donors (Lipinski definition) is 2. The molecule has 0 saturated heterocycles. The predicted octanol–water partition coefficient (Wildman–Crippen LogP) is 2.56. The summed E-state index contributed by atoms with van der Waals surface area (Å²) in [5, 5.41) is 12.2. The first kappa shape index (κ1) is 14.1. The van der Waals surface area contributed by atoms with Crippen LogP contribution in [0.25, 0.3) is 11.0 Å². The molecule has 108 valence electrons. The summed E-state index contributed by atoms with van der Waals surface area (Å²) in [6.07, 6.45) is 3.37. The molecular formula is C15H11N5OS. The Hall–Kier alpha value is -2.85. The number of nitriles is 1. The van der Waals surface area contributed by atoms with Gasteiger partial charge in [-0.3, -0.25) is 9.78 Å². The van der Waals surface area contributed by atoms with E-state index in [-0.39, 0.29) is 11.7 Å². The maximum Gasteiger partial charge on any atom is 0.234 e. The Morgan fingerprint density at radius 1 is 1.32 bits per heavy atom. The van der Waals surface area contributed by atoms with E-state index in [4.69, 9.17) is 5.26 Å². The fraction of sp³-hybridized carbons (Fsp3) is 0.0667. The molecule has 2 aromatic heterocycles. The van der Waals surface area contributed by atoms with E-state index in [1.54, 1.807) is 36.7 Å². The number of amides is 1. The smallest absolute Gasteiger partial charge is 0.234 e. The van der Waals surface area contributed by atoms with Crippen LogP contribution in [0, 0.1) is 11.3 Å². The van der Waals surface area contributed by atoms with E-state index in [1.807, 2.05) is 12.1 Å². The molecule has 0 saturated carbocycles. The number of thioether (sulfide) groups is 1. The van der Waals surface area contributed by atoms with E-state index < -0.39 is 0 Å². The summed E-state index contributed by atoms with van der Waals surface area (Å²) in [6, 6.07) is 10.6. The Balaban J connectivity index is 1.58. The Morgan fingerprint density at radius 3 is 2.86 bits per heavy atom. The maximum absolute atomic E-state index is 11.9. The van der Waals surface area contributed by atoms with Crippen LogP contribution in [0.1, 0.15) is 5.56 Å². The lowest BCUT2D eigenvalue weighted by atomic mass is 10.2. The van der Waals surface area contributed by atoms with Gasteiger partial charge in [-0.25, -0.2) is 4.98 Å². The number of benzene rings is 1. The standard InChI is InChI=1S/C15H11N5OS/c16-7-10-1-3-11(4-2-10)18-14(21)9-22-15-19-12-5-6-17-8-13(12)20-15/h1-6,8H,9H2,(H,18,21)(H,19,20). The van der Waals surface area contributed by atoms with Crippen molar-refractivity contribution in [2.24, 2.45) is 0 Å². The van der Waals surface area contributed by atoms with Gasteiger partial charge in [0.2, 0.25) is 5.91 Å². The maximum atomic E-state index is 11.9. The van der Waals surface area contributed by atoms with E-state index >= 15 is 0 Å². The SMILES string of the molecule is N#Cc1ccc(NC(=O)CSc2nc3ccncc3[nH]2)cc1. The number of nitrogens with zero attached hydrogens (tertiary/aromatic N) is 3. The van der Waals surface area contributed by atoms with Crippen LogP contribution >= 0.6 is 11.8 Å². The molecule has 0 radical (unpaired) electrons. The lowest BCUT2D eigenvalue weighted by Crippen LogP contribution is -2.14. The monoisotopic (exact) mass is 309 g/mol. The van der Waals surface area contributed by atoms with Crippen molar-refractivity contribution < 1.29 is 4.79 Å². The topological polar surface area (TPSA) is 94.5 Å². The van der Waals surface area contributed by atoms with Crippen LogP contribution in [0.4, 0.5) is 5.69 Å². The van der Waals surface area contributed by atoms with Gasteiger partial charge >= 0.3 is 0 Å². The molecule has 2 heterocycles. The van der Waals surface area contributed by atoms with Gasteiger partial charge in [-0.1, -0.05) is 11.8 Å². The highest BCUT2D eigenvalue weighted by molar-refractivity contribution is 7.99. The van der Waals surface area contributed by atoms with Crippen molar-refractivity contribution in [2.75, 3.05) is 11.1 Å². The second-order valence-corrected chi connectivity index (χ2v) is 5.42. The van der Waals surface area contributed by atoms with Gasteiger partial charge in [0.15, 0.2) is 5.16 Å². The molecule has 0 spiro atoms. The van der Waals surface area contributed by atoms with Crippen molar-refractivity contribution in [3.05, 3.63) is 48.3 Å². The van der Waals surface area contributed by atoms with E-state index in [0.717, 1.165) is 11.0 Å². The number of pyridine rings is 1. The van der Waals surface area contributed by atoms with Crippen LogP contribution < -0.4 is 5.32 Å². The van der Waals surface area contributed by atoms with Gasteiger partial charge in [0.1, 0.15) is 0 Å². The van der Waals surface area contributed by atoms with Gasteiger partial charge in [-0.15, -0.1) is 0 Å². The number of aromatic nitrogens is 3. The van der Waals surface area contributed by atoms with Crippen LogP contribution in [-0.4, -0.2) is 26.6 Å². The molecule has 1 aromatic carbocycles. The Bertz CT molecular complexity index is 817. The van der Waals surface area contributed by atoms with Gasteiger partial charge < -0.3 is 10.3 Å². The molecule has 0 fully saturated rings. The zero-order chi connectivity index (χ0) is 15.4. The molecular weight excluding hydrogens is 298 g/mol. The number of fused-ring (bicyclic) bond motifs is 1. The Morgan fingerprint density at radius 2 is 2.14 bits per heavy atom. The number of carbonyl (C=O) groups excluding carboxylic acids is 1. The molecule has 1 amide bonds. The van der Waals surface area contributed by atoms with Gasteiger partial charge in [-0.2, -0.15) is 5.26 Å². The van der Waals surface area contributed by atoms with Crippen molar-refractivity contribution in [1.29, 1.82) is 5.26 Å². The third-order valence-electron chi connectivity index (χ3n) is 2.90. The first-order valence-corrected chi connectivity index (χ1v) is 7.46. The number of carbonyl (C=O) groups is 1. The minimum absolute atomic E-state index is 0.131. The highest BCUT2D eigenvalue weighted by atomic mass is 32.2. The lowest BCUT2D eigenvalue weighted by molar-refractivity contribution is -0.113. The molecule has 0 aliphatic carbocycles. The van der Waals surface area contributed by atoms with Crippen LogP contribution in [0.3, 0.4) is 0 Å². The third kappa shape index (κ3) is 3.24. The number of anilines is 1. The molecule has 0 atom stereocenters. The molecule has 6 nitrogen and oxygen atoms in total. The van der Waals surface area contributed by atoms with Crippen molar-refractivity contribution in [2.45, 2.75) is 5.16 Å². The zero-order valence-electron chi connectivity index (χ0n) is 11.4. The summed E-state index contributed by atoms with van der Waals surface area (Å²) < 4.78 is 0. The quantitative estimate of drug-likeness (QED) is 0.722. The van der Waals surface area contributed by atoms with Gasteiger partial charge in [0, 0.05) is 11.9 Å². The molecule has 0 bridgehead atoms. The normalized spacial score (nSPS) is 10.3. The summed E-state index contributed by atoms with van der Waals surface area (Å²) in [7, 11) is 0. The number of rotatable bonds is 4. The molecule has 0 aliphatic heterocycles. The van der Waals surface area contributed by atoms with Crippen molar-refractivity contribution in [1.82, 2.24) is 15.0 Å². The van der Waals surface area contributed by atoms with Crippen molar-refractivity contribution >= 4 is 34.4 Å². The average molecular weight is 309 g/mol. The molecule has 2 N–H and O–H groups in total. The van der Waals surface area contributed by atoms with E-state index in [9.17, 15) is 4.79 Å². The minimum atomic E-state index is -0.131. The van der Waals surface area contributed by atoms with Crippen LogP contribution in [-0.2, 0) is 4.79 Å². The number of imidazole rings is 1. The van der Waals surface area contributed by atoms with Gasteiger partial charge in [0.25, 0.3) is 0 Å². The first-order chi connectivity index (χ1) is 10.7. The van der Waals surface area contributed by atoms with Gasteiger partial charge in [-0.05, 0) is 30.3 Å². The lowest BCUT2D eigenvalue weighted by Gasteiger charge is -2.03. The highest BCUT2D eigenvalue weighted by Gasteiger charge is 2.07. The minimum Gasteiger partial charge on any atom is -0.332 e. The largest absolute Gasteiger partial charge is 0.332 e. The van der Waals surface area contributed by atoms with Crippen molar-refractivity contribution in [3.63, 3.8) is 0 Å². The Labute approximate surface area is 130 Å². The number of nitrogens with one attached hydrogen (secondary N) is 2. The molecule has 0 unspecified atom stereocenters. The second kappa shape index (κ2) is 6.28. The van der Waals surface area contributed by atoms with Crippen LogP contribution in [0.2, 0.25) is 0 Å². The third-order valence-corrected chi connectivity index (χ3v) is 3.77. The second-order valence-electron chi connectivity index (χ2n) is 4.46. The molecule has 7 heteroatoms. The first-order valence-electron chi connectivity index (χ1n) is 6.47. The highest BCUT2D eigenvalue weighted by Crippen LogP contribution is 2.19. The summed E-state index contributed by atoms with van der Waals surface area (Å²) >= 11 is 1.32. The number of H-pyrrole nitrogens is 1. The summed E-state index contributed by atoms with van der Waals surface area (Å²) in [5.74, 6) is 0.112.